The van der Waals surface area contributed by atoms with E-state index in [0.717, 1.165) is 25.6 Å². The highest BCUT2D eigenvalue weighted by molar-refractivity contribution is 6.45. The lowest BCUT2D eigenvalue weighted by molar-refractivity contribution is 0.0942. The molecule has 0 atom stereocenters. The zero-order chi connectivity index (χ0) is 16.3. The third kappa shape index (κ3) is 4.19. The largest absolute Gasteiger partial charge is 0.505 e. The number of hydrogen-bond donors (Lipinski definition) is 2. The van der Waals surface area contributed by atoms with E-state index in [1.54, 1.807) is 0 Å². The minimum Gasteiger partial charge on any atom is -0.505 e. The quantitative estimate of drug-likeness (QED) is 0.798. The lowest BCUT2D eigenvalue weighted by Gasteiger charge is -2.30. The first-order valence-electron chi connectivity index (χ1n) is 7.27. The van der Waals surface area contributed by atoms with Crippen molar-refractivity contribution in [3.8, 4) is 5.75 Å². The maximum Gasteiger partial charge on any atom is 0.256 e. The first-order valence-corrected chi connectivity index (χ1v) is 8.40. The normalized spacial score (nSPS) is 16.7. The molecule has 1 aromatic carbocycles. The van der Waals surface area contributed by atoms with E-state index in [0.29, 0.717) is 6.54 Å². The second-order valence-corrected chi connectivity index (χ2v) is 6.85. The average Bonchev–Trinajstić information content (AvgIpc) is 2.47. The molecule has 1 heterocycles. The molecule has 1 saturated heterocycles. The van der Waals surface area contributed by atoms with Gasteiger partial charge in [0.1, 0.15) is 11.3 Å². The molecule has 1 aliphatic rings. The van der Waals surface area contributed by atoms with Crippen LogP contribution in [0.5, 0.6) is 5.75 Å². The number of carbonyl (C=O) groups is 1. The monoisotopic (exact) mass is 364 g/mol. The number of likely N-dealkylation sites (tertiary alicyclic amines) is 1. The van der Waals surface area contributed by atoms with Crippen molar-refractivity contribution in [2.75, 3.05) is 26.2 Å². The number of hydrogen-bond acceptors (Lipinski definition) is 3. The van der Waals surface area contributed by atoms with Crippen LogP contribution in [0.2, 0.25) is 15.1 Å². The number of piperidine rings is 1. The van der Waals surface area contributed by atoms with Gasteiger partial charge in [0, 0.05) is 13.1 Å². The lowest BCUT2D eigenvalue weighted by Crippen LogP contribution is -2.39. The van der Waals surface area contributed by atoms with E-state index < -0.39 is 5.91 Å². The standard InChI is InChI=1S/C15H19Cl3N2O2/c1-9-2-5-20(6-3-9)7-4-19-15(22)12-13(18)10(16)8-11(17)14(12)21/h8-9,21H,2-7H2,1H3,(H,19,22). The number of benzene rings is 1. The van der Waals surface area contributed by atoms with Gasteiger partial charge in [-0.15, -0.1) is 0 Å². The summed E-state index contributed by atoms with van der Waals surface area (Å²) < 4.78 is 0. The molecule has 22 heavy (non-hydrogen) atoms. The van der Waals surface area contributed by atoms with Crippen molar-refractivity contribution in [3.63, 3.8) is 0 Å². The van der Waals surface area contributed by atoms with Crippen molar-refractivity contribution in [1.82, 2.24) is 10.2 Å². The van der Waals surface area contributed by atoms with Gasteiger partial charge < -0.3 is 15.3 Å². The molecule has 0 spiro atoms. The van der Waals surface area contributed by atoms with Crippen LogP contribution in [-0.4, -0.2) is 42.1 Å². The minimum absolute atomic E-state index is 0.00423. The molecule has 0 unspecified atom stereocenters. The Kier molecular flexibility index (Phi) is 6.21. The number of phenols is 1. The molecular weight excluding hydrogens is 347 g/mol. The van der Waals surface area contributed by atoms with E-state index in [-0.39, 0.29) is 26.4 Å². The number of phenolic OH excluding ortho intramolecular Hbond substituents is 1. The van der Waals surface area contributed by atoms with Gasteiger partial charge in [0.05, 0.1) is 15.1 Å². The summed E-state index contributed by atoms with van der Waals surface area (Å²) in [5.74, 6) is -0.0483. The zero-order valence-electron chi connectivity index (χ0n) is 12.3. The van der Waals surface area contributed by atoms with Crippen LogP contribution in [-0.2, 0) is 0 Å². The highest BCUT2D eigenvalue weighted by Crippen LogP contribution is 2.38. The van der Waals surface area contributed by atoms with Gasteiger partial charge in [-0.25, -0.2) is 0 Å². The average molecular weight is 366 g/mol. The van der Waals surface area contributed by atoms with E-state index in [2.05, 4.69) is 17.1 Å². The van der Waals surface area contributed by atoms with Gasteiger partial charge in [0.25, 0.3) is 5.91 Å². The van der Waals surface area contributed by atoms with Crippen LogP contribution in [0.4, 0.5) is 0 Å². The fourth-order valence-corrected chi connectivity index (χ4v) is 3.19. The Morgan fingerprint density at radius 3 is 2.59 bits per heavy atom. The lowest BCUT2D eigenvalue weighted by atomic mass is 9.99. The second-order valence-electron chi connectivity index (χ2n) is 5.66. The van der Waals surface area contributed by atoms with Gasteiger partial charge in [-0.2, -0.15) is 0 Å². The predicted octanol–water partition coefficient (Wildman–Crippen LogP) is 3.81. The first-order chi connectivity index (χ1) is 10.4. The number of aromatic hydroxyl groups is 1. The zero-order valence-corrected chi connectivity index (χ0v) is 14.6. The van der Waals surface area contributed by atoms with E-state index in [9.17, 15) is 9.90 Å². The Hall–Kier alpha value is -0.680. The summed E-state index contributed by atoms with van der Waals surface area (Å²) in [6.07, 6.45) is 2.37. The van der Waals surface area contributed by atoms with Crippen molar-refractivity contribution < 1.29 is 9.90 Å². The minimum atomic E-state index is -0.475. The highest BCUT2D eigenvalue weighted by Gasteiger charge is 2.21. The molecule has 2 N–H and O–H groups in total. The summed E-state index contributed by atoms with van der Waals surface area (Å²) in [4.78, 5) is 14.5. The molecule has 7 heteroatoms. The molecule has 122 valence electrons. The molecule has 0 aliphatic carbocycles. The smallest absolute Gasteiger partial charge is 0.256 e. The molecule has 4 nitrogen and oxygen atoms in total. The fourth-order valence-electron chi connectivity index (χ4n) is 2.49. The van der Waals surface area contributed by atoms with Gasteiger partial charge in [-0.1, -0.05) is 41.7 Å². The van der Waals surface area contributed by atoms with E-state index >= 15 is 0 Å². The molecule has 1 aromatic rings. The summed E-state index contributed by atoms with van der Waals surface area (Å²) in [5.41, 5.74) is -0.0774. The number of halogens is 3. The SMILES string of the molecule is CC1CCN(CCNC(=O)c2c(O)c(Cl)cc(Cl)c2Cl)CC1. The molecule has 0 aromatic heterocycles. The van der Waals surface area contributed by atoms with Crippen molar-refractivity contribution >= 4 is 40.7 Å². The van der Waals surface area contributed by atoms with Crippen LogP contribution in [0.15, 0.2) is 6.07 Å². The van der Waals surface area contributed by atoms with E-state index in [4.69, 9.17) is 34.8 Å². The Labute approximate surface area is 145 Å². The van der Waals surface area contributed by atoms with Crippen molar-refractivity contribution in [3.05, 3.63) is 26.7 Å². The van der Waals surface area contributed by atoms with Gasteiger partial charge in [0.15, 0.2) is 0 Å². The van der Waals surface area contributed by atoms with Gasteiger partial charge >= 0.3 is 0 Å². The third-order valence-electron chi connectivity index (χ3n) is 3.96. The molecule has 1 amide bonds. The molecule has 0 bridgehead atoms. The van der Waals surface area contributed by atoms with Crippen LogP contribution < -0.4 is 5.32 Å². The Morgan fingerprint density at radius 2 is 1.95 bits per heavy atom. The summed E-state index contributed by atoms with van der Waals surface area (Å²) in [6, 6.07) is 1.31. The maximum atomic E-state index is 12.2. The summed E-state index contributed by atoms with van der Waals surface area (Å²) in [6.45, 7) is 5.60. The molecule has 1 aliphatic heterocycles. The topological polar surface area (TPSA) is 52.6 Å². The van der Waals surface area contributed by atoms with Gasteiger partial charge in [-0.3, -0.25) is 4.79 Å². The number of nitrogens with zero attached hydrogens (tertiary/aromatic N) is 1. The third-order valence-corrected chi connectivity index (χ3v) is 5.04. The van der Waals surface area contributed by atoms with Crippen molar-refractivity contribution in [1.29, 1.82) is 0 Å². The van der Waals surface area contributed by atoms with Crippen LogP contribution in [0.25, 0.3) is 0 Å². The second kappa shape index (κ2) is 7.73. The summed E-state index contributed by atoms with van der Waals surface area (Å²) >= 11 is 17.7. The summed E-state index contributed by atoms with van der Waals surface area (Å²) in [5, 5.41) is 12.8. The van der Waals surface area contributed by atoms with Gasteiger partial charge in [-0.05, 0) is 37.9 Å². The Morgan fingerprint density at radius 1 is 1.32 bits per heavy atom. The molecular formula is C15H19Cl3N2O2. The van der Waals surface area contributed by atoms with Crippen LogP contribution in [0, 0.1) is 5.92 Å². The number of rotatable bonds is 4. The number of amides is 1. The van der Waals surface area contributed by atoms with Crippen LogP contribution in [0.3, 0.4) is 0 Å². The highest BCUT2D eigenvalue weighted by atomic mass is 35.5. The molecule has 0 saturated carbocycles. The van der Waals surface area contributed by atoms with E-state index in [1.165, 1.54) is 18.9 Å². The first kappa shape index (κ1) is 17.7. The van der Waals surface area contributed by atoms with Crippen molar-refractivity contribution in [2.24, 2.45) is 5.92 Å². The van der Waals surface area contributed by atoms with Crippen molar-refractivity contribution in [2.45, 2.75) is 19.8 Å². The molecule has 0 radical (unpaired) electrons. The number of carbonyl (C=O) groups excluding carboxylic acids is 1. The molecule has 2 rings (SSSR count). The Bertz CT molecular complexity index is 532. The van der Waals surface area contributed by atoms with Crippen LogP contribution >= 0.6 is 34.8 Å². The van der Waals surface area contributed by atoms with Crippen LogP contribution in [0.1, 0.15) is 30.1 Å². The number of nitrogens with one attached hydrogen (secondary N) is 1. The Balaban J connectivity index is 1.93. The molecule has 1 fully saturated rings. The van der Waals surface area contributed by atoms with E-state index in [1.807, 2.05) is 0 Å². The van der Waals surface area contributed by atoms with Gasteiger partial charge in [0.2, 0.25) is 0 Å². The fraction of sp³-hybridized carbons (Fsp3) is 0.533. The maximum absolute atomic E-state index is 12.2. The summed E-state index contributed by atoms with van der Waals surface area (Å²) in [7, 11) is 0. The predicted molar refractivity (Wildman–Crippen MR) is 90.3 cm³/mol.